The van der Waals surface area contributed by atoms with Crippen LogP contribution in [0.25, 0.3) is 0 Å². The van der Waals surface area contributed by atoms with E-state index in [0.717, 1.165) is 25.2 Å². The first-order chi connectivity index (χ1) is 12.2. The summed E-state index contributed by atoms with van der Waals surface area (Å²) in [4.78, 5) is 12.3. The standard InChI is InChI=1S/C19H23NO5/c1-13-18(19(21)20-11-16-4-3-9-23-16)10-17(25-13)12-24-15-7-5-14(22-2)6-8-15/h5-8,10,16H,3-4,9,11-12H2,1-2H3,(H,20,21)/t16-/m1/s1. The molecule has 6 nitrogen and oxygen atoms in total. The third-order valence-electron chi connectivity index (χ3n) is 4.17. The predicted molar refractivity (Wildman–Crippen MR) is 92.1 cm³/mol. The summed E-state index contributed by atoms with van der Waals surface area (Å²) < 4.78 is 21.9. The summed E-state index contributed by atoms with van der Waals surface area (Å²) in [7, 11) is 1.62. The third-order valence-corrected chi connectivity index (χ3v) is 4.17. The Hall–Kier alpha value is -2.47. The van der Waals surface area contributed by atoms with Gasteiger partial charge >= 0.3 is 0 Å². The Kier molecular flexibility index (Phi) is 5.60. The predicted octanol–water partition coefficient (Wildman–Crippen LogP) is 3.08. The maximum atomic E-state index is 12.3. The molecule has 0 bridgehead atoms. The highest BCUT2D eigenvalue weighted by Gasteiger charge is 2.19. The molecule has 1 amide bonds. The van der Waals surface area contributed by atoms with E-state index in [9.17, 15) is 4.79 Å². The average molecular weight is 345 g/mol. The minimum atomic E-state index is -0.146. The lowest BCUT2D eigenvalue weighted by Crippen LogP contribution is -2.31. The van der Waals surface area contributed by atoms with Gasteiger partial charge in [0, 0.05) is 13.2 Å². The number of hydrogen-bond acceptors (Lipinski definition) is 5. The Morgan fingerprint density at radius 1 is 1.28 bits per heavy atom. The molecule has 1 aromatic carbocycles. The van der Waals surface area contributed by atoms with E-state index in [1.165, 1.54) is 0 Å². The summed E-state index contributed by atoms with van der Waals surface area (Å²) in [6, 6.07) is 9.02. The van der Waals surface area contributed by atoms with E-state index >= 15 is 0 Å². The summed E-state index contributed by atoms with van der Waals surface area (Å²) in [6.45, 7) is 3.34. The van der Waals surface area contributed by atoms with E-state index < -0.39 is 0 Å². The number of methoxy groups -OCH3 is 1. The zero-order valence-corrected chi connectivity index (χ0v) is 14.5. The van der Waals surface area contributed by atoms with Gasteiger partial charge in [-0.05, 0) is 50.1 Å². The number of ether oxygens (including phenoxy) is 3. The van der Waals surface area contributed by atoms with Gasteiger partial charge in [0.25, 0.3) is 5.91 Å². The fourth-order valence-corrected chi connectivity index (χ4v) is 2.77. The number of carbonyl (C=O) groups is 1. The van der Waals surface area contributed by atoms with Crippen LogP contribution >= 0.6 is 0 Å². The molecule has 0 radical (unpaired) electrons. The molecule has 134 valence electrons. The minimum absolute atomic E-state index is 0.119. The van der Waals surface area contributed by atoms with Crippen molar-refractivity contribution in [3.05, 3.63) is 47.4 Å². The molecule has 1 aliphatic heterocycles. The molecule has 3 rings (SSSR count). The number of furan rings is 1. The van der Waals surface area contributed by atoms with Gasteiger partial charge in [-0.15, -0.1) is 0 Å². The Morgan fingerprint density at radius 2 is 2.04 bits per heavy atom. The molecule has 0 spiro atoms. The van der Waals surface area contributed by atoms with Gasteiger partial charge in [-0.1, -0.05) is 0 Å². The van der Waals surface area contributed by atoms with Gasteiger partial charge in [0.1, 0.15) is 29.6 Å². The van der Waals surface area contributed by atoms with Crippen molar-refractivity contribution < 1.29 is 23.4 Å². The van der Waals surface area contributed by atoms with Crippen LogP contribution in [-0.4, -0.2) is 32.3 Å². The van der Waals surface area contributed by atoms with Gasteiger partial charge in [0.15, 0.2) is 0 Å². The van der Waals surface area contributed by atoms with E-state index in [2.05, 4.69) is 5.32 Å². The molecule has 0 saturated carbocycles. The third kappa shape index (κ3) is 4.54. The molecule has 1 fully saturated rings. The van der Waals surface area contributed by atoms with Crippen LogP contribution in [-0.2, 0) is 11.3 Å². The molecule has 25 heavy (non-hydrogen) atoms. The van der Waals surface area contributed by atoms with Crippen LogP contribution in [0.15, 0.2) is 34.7 Å². The fourth-order valence-electron chi connectivity index (χ4n) is 2.77. The van der Waals surface area contributed by atoms with E-state index in [-0.39, 0.29) is 18.6 Å². The van der Waals surface area contributed by atoms with Crippen molar-refractivity contribution in [1.82, 2.24) is 5.32 Å². The van der Waals surface area contributed by atoms with Crippen molar-refractivity contribution in [3.8, 4) is 11.5 Å². The van der Waals surface area contributed by atoms with Gasteiger partial charge in [0.05, 0.1) is 18.8 Å². The second-order valence-electron chi connectivity index (χ2n) is 5.99. The fraction of sp³-hybridized carbons (Fsp3) is 0.421. The lowest BCUT2D eigenvalue weighted by Gasteiger charge is -2.10. The average Bonchev–Trinajstić information content (AvgIpc) is 3.28. The highest BCUT2D eigenvalue weighted by Crippen LogP contribution is 2.20. The Morgan fingerprint density at radius 3 is 2.72 bits per heavy atom. The maximum absolute atomic E-state index is 12.3. The van der Waals surface area contributed by atoms with Crippen molar-refractivity contribution in [3.63, 3.8) is 0 Å². The maximum Gasteiger partial charge on any atom is 0.254 e. The van der Waals surface area contributed by atoms with E-state index in [4.69, 9.17) is 18.6 Å². The second-order valence-corrected chi connectivity index (χ2v) is 5.99. The smallest absolute Gasteiger partial charge is 0.254 e. The zero-order chi connectivity index (χ0) is 17.6. The van der Waals surface area contributed by atoms with Gasteiger partial charge in [-0.3, -0.25) is 4.79 Å². The monoisotopic (exact) mass is 345 g/mol. The molecular weight excluding hydrogens is 322 g/mol. The Balaban J connectivity index is 1.54. The molecule has 0 unspecified atom stereocenters. The summed E-state index contributed by atoms with van der Waals surface area (Å²) in [5.74, 6) is 2.52. The van der Waals surface area contributed by atoms with Crippen LogP contribution < -0.4 is 14.8 Å². The molecule has 2 aromatic rings. The number of rotatable bonds is 7. The number of carbonyl (C=O) groups excluding carboxylic acids is 1. The quantitative estimate of drug-likeness (QED) is 0.835. The molecule has 1 aliphatic rings. The van der Waals surface area contributed by atoms with Crippen molar-refractivity contribution >= 4 is 5.91 Å². The first-order valence-corrected chi connectivity index (χ1v) is 8.41. The normalized spacial score (nSPS) is 16.6. The van der Waals surface area contributed by atoms with Gasteiger partial charge in [0.2, 0.25) is 0 Å². The molecule has 2 heterocycles. The Bertz CT molecular complexity index is 701. The van der Waals surface area contributed by atoms with Crippen LogP contribution in [0, 0.1) is 6.92 Å². The number of benzene rings is 1. The molecule has 1 atom stereocenters. The van der Waals surface area contributed by atoms with Gasteiger partial charge in [-0.2, -0.15) is 0 Å². The zero-order valence-electron chi connectivity index (χ0n) is 14.5. The number of amides is 1. The summed E-state index contributed by atoms with van der Waals surface area (Å²) in [5.41, 5.74) is 0.534. The van der Waals surface area contributed by atoms with Crippen LogP contribution in [0.2, 0.25) is 0 Å². The highest BCUT2D eigenvalue weighted by atomic mass is 16.5. The molecule has 1 saturated heterocycles. The first-order valence-electron chi connectivity index (χ1n) is 8.41. The van der Waals surface area contributed by atoms with E-state index in [1.54, 1.807) is 20.1 Å². The number of hydrogen-bond donors (Lipinski definition) is 1. The summed E-state index contributed by atoms with van der Waals surface area (Å²) in [6.07, 6.45) is 2.16. The van der Waals surface area contributed by atoms with Crippen molar-refractivity contribution in [1.29, 1.82) is 0 Å². The molecule has 1 N–H and O–H groups in total. The summed E-state index contributed by atoms with van der Waals surface area (Å²) >= 11 is 0. The largest absolute Gasteiger partial charge is 0.497 e. The van der Waals surface area contributed by atoms with E-state index in [1.807, 2.05) is 24.3 Å². The van der Waals surface area contributed by atoms with Crippen molar-refractivity contribution in [2.24, 2.45) is 0 Å². The summed E-state index contributed by atoms with van der Waals surface area (Å²) in [5, 5.41) is 2.90. The topological polar surface area (TPSA) is 69.9 Å². The number of aryl methyl sites for hydroxylation is 1. The molecular formula is C19H23NO5. The number of nitrogens with one attached hydrogen (secondary N) is 1. The molecule has 6 heteroatoms. The van der Waals surface area contributed by atoms with Crippen LogP contribution in [0.4, 0.5) is 0 Å². The van der Waals surface area contributed by atoms with Crippen molar-refractivity contribution in [2.45, 2.75) is 32.5 Å². The lowest BCUT2D eigenvalue weighted by molar-refractivity contribution is 0.0856. The second kappa shape index (κ2) is 8.07. The van der Waals surface area contributed by atoms with Gasteiger partial charge < -0.3 is 23.9 Å². The lowest BCUT2D eigenvalue weighted by atomic mass is 10.2. The van der Waals surface area contributed by atoms with E-state index in [0.29, 0.717) is 29.4 Å². The van der Waals surface area contributed by atoms with Crippen LogP contribution in [0.1, 0.15) is 34.7 Å². The SMILES string of the molecule is COc1ccc(OCc2cc(C(=O)NC[C@H]3CCCO3)c(C)o2)cc1. The first kappa shape index (κ1) is 17.4. The van der Waals surface area contributed by atoms with Crippen LogP contribution in [0.3, 0.4) is 0 Å². The van der Waals surface area contributed by atoms with Crippen molar-refractivity contribution in [2.75, 3.05) is 20.3 Å². The highest BCUT2D eigenvalue weighted by molar-refractivity contribution is 5.95. The molecule has 0 aliphatic carbocycles. The molecule has 1 aromatic heterocycles. The Labute approximate surface area is 147 Å². The van der Waals surface area contributed by atoms with Crippen LogP contribution in [0.5, 0.6) is 11.5 Å². The minimum Gasteiger partial charge on any atom is -0.497 e. The van der Waals surface area contributed by atoms with Gasteiger partial charge in [-0.25, -0.2) is 0 Å².